The highest BCUT2D eigenvalue weighted by Gasteiger charge is 1.98. The molecule has 0 bridgehead atoms. The quantitative estimate of drug-likeness (QED) is 0.548. The van der Waals surface area contributed by atoms with Crippen molar-refractivity contribution >= 4 is 39.3 Å². The highest BCUT2D eigenvalue weighted by molar-refractivity contribution is 9.10. The average Bonchev–Trinajstić information content (AvgIpc) is 2.07. The summed E-state index contributed by atoms with van der Waals surface area (Å²) in [6, 6.07) is 0. The van der Waals surface area contributed by atoms with Crippen LogP contribution in [0.4, 0.5) is 5.82 Å². The molecule has 1 heterocycles. The molecule has 0 amide bonds. The van der Waals surface area contributed by atoms with Crippen LogP contribution in [0.15, 0.2) is 10.8 Å². The Morgan fingerprint density at radius 3 is 3.08 bits per heavy atom. The van der Waals surface area contributed by atoms with Crippen LogP contribution in [-0.4, -0.2) is 15.3 Å². The Labute approximate surface area is 83.5 Å². The van der Waals surface area contributed by atoms with E-state index < -0.39 is 0 Å². The van der Waals surface area contributed by atoms with Crippen LogP contribution < -0.4 is 5.73 Å². The molecular weight excluding hydrogens is 238 g/mol. The van der Waals surface area contributed by atoms with Crippen molar-refractivity contribution in [2.75, 3.05) is 5.73 Å². The summed E-state index contributed by atoms with van der Waals surface area (Å²) in [6.07, 6.45) is 1.51. The molecule has 1 aromatic heterocycles. The van der Waals surface area contributed by atoms with Crippen LogP contribution in [0, 0.1) is 11.8 Å². The summed E-state index contributed by atoms with van der Waals surface area (Å²) in [5, 5.41) is 1.31. The van der Waals surface area contributed by atoms with Crippen LogP contribution in [0.5, 0.6) is 0 Å². The molecule has 5 heteroatoms. The summed E-state index contributed by atoms with van der Waals surface area (Å²) in [6.45, 7) is 0. The van der Waals surface area contributed by atoms with Crippen molar-refractivity contribution in [3.05, 3.63) is 16.5 Å². The zero-order valence-corrected chi connectivity index (χ0v) is 8.32. The zero-order chi connectivity index (χ0) is 8.97. The number of aromatic nitrogens is 2. The van der Waals surface area contributed by atoms with Gasteiger partial charge in [-0.25, -0.2) is 9.97 Å². The van der Waals surface area contributed by atoms with Gasteiger partial charge < -0.3 is 5.73 Å². The predicted octanol–water partition coefficient (Wildman–Crippen LogP) is 1.17. The van der Waals surface area contributed by atoms with Crippen molar-refractivity contribution in [3.8, 4) is 11.8 Å². The number of rotatable bonds is 0. The van der Waals surface area contributed by atoms with Gasteiger partial charge in [-0.1, -0.05) is 18.1 Å². The van der Waals surface area contributed by atoms with Crippen molar-refractivity contribution in [2.24, 2.45) is 0 Å². The number of thiocarbonyl (C=S) groups is 1. The van der Waals surface area contributed by atoms with Crippen LogP contribution in [0.1, 0.15) is 5.69 Å². The van der Waals surface area contributed by atoms with Crippen molar-refractivity contribution < 1.29 is 0 Å². The SMILES string of the molecule is Nc1ncc(Br)nc1C#CC=S. The second kappa shape index (κ2) is 4.14. The van der Waals surface area contributed by atoms with Gasteiger partial charge >= 0.3 is 0 Å². The summed E-state index contributed by atoms with van der Waals surface area (Å²) in [5.74, 6) is 5.54. The number of halogens is 1. The number of nitrogens with two attached hydrogens (primary N) is 1. The maximum atomic E-state index is 5.49. The van der Waals surface area contributed by atoms with Crippen molar-refractivity contribution in [3.63, 3.8) is 0 Å². The third-order valence-corrected chi connectivity index (χ3v) is 1.52. The van der Waals surface area contributed by atoms with E-state index in [-0.39, 0.29) is 0 Å². The van der Waals surface area contributed by atoms with E-state index in [1.54, 1.807) is 0 Å². The predicted molar refractivity (Wildman–Crippen MR) is 54.7 cm³/mol. The molecule has 0 aromatic carbocycles. The summed E-state index contributed by atoms with van der Waals surface area (Å²) in [5.41, 5.74) is 5.92. The Morgan fingerprint density at radius 2 is 2.42 bits per heavy atom. The van der Waals surface area contributed by atoms with Crippen LogP contribution in [0.25, 0.3) is 0 Å². The molecule has 1 rings (SSSR count). The van der Waals surface area contributed by atoms with Crippen LogP contribution in [-0.2, 0) is 0 Å². The first-order chi connectivity index (χ1) is 5.74. The van der Waals surface area contributed by atoms with Crippen molar-refractivity contribution in [2.45, 2.75) is 0 Å². The number of nitrogen functional groups attached to an aromatic ring is 1. The van der Waals surface area contributed by atoms with E-state index in [1.807, 2.05) is 0 Å². The van der Waals surface area contributed by atoms with E-state index in [0.29, 0.717) is 16.1 Å². The molecule has 0 aliphatic carbocycles. The molecule has 0 fully saturated rings. The lowest BCUT2D eigenvalue weighted by Crippen LogP contribution is -1.97. The first kappa shape index (κ1) is 9.10. The molecule has 0 atom stereocenters. The molecule has 2 N–H and O–H groups in total. The summed E-state index contributed by atoms with van der Waals surface area (Å²) >= 11 is 7.68. The molecule has 3 nitrogen and oxygen atoms in total. The fraction of sp³-hybridized carbons (Fsp3) is 0. The van der Waals surface area contributed by atoms with E-state index >= 15 is 0 Å². The van der Waals surface area contributed by atoms with Gasteiger partial charge in [0.25, 0.3) is 0 Å². The topological polar surface area (TPSA) is 51.8 Å². The van der Waals surface area contributed by atoms with Gasteiger partial charge in [0.2, 0.25) is 0 Å². The van der Waals surface area contributed by atoms with Gasteiger partial charge in [0.15, 0.2) is 11.5 Å². The summed E-state index contributed by atoms with van der Waals surface area (Å²) in [4.78, 5) is 7.85. The van der Waals surface area contributed by atoms with Gasteiger partial charge in [-0.05, 0) is 21.9 Å². The highest BCUT2D eigenvalue weighted by atomic mass is 79.9. The van der Waals surface area contributed by atoms with E-state index in [2.05, 4.69) is 50.0 Å². The van der Waals surface area contributed by atoms with Crippen molar-refractivity contribution in [1.82, 2.24) is 9.97 Å². The largest absolute Gasteiger partial charge is 0.381 e. The van der Waals surface area contributed by atoms with Crippen LogP contribution >= 0.6 is 28.1 Å². The molecule has 0 spiro atoms. The second-order valence-electron chi connectivity index (χ2n) is 1.81. The number of hydrogen-bond acceptors (Lipinski definition) is 4. The summed E-state index contributed by atoms with van der Waals surface area (Å²) < 4.78 is 0.602. The zero-order valence-electron chi connectivity index (χ0n) is 5.91. The van der Waals surface area contributed by atoms with Crippen LogP contribution in [0.3, 0.4) is 0 Å². The number of nitrogens with zero attached hydrogens (tertiary/aromatic N) is 2. The Bertz CT molecular complexity index is 367. The molecule has 0 saturated heterocycles. The first-order valence-corrected chi connectivity index (χ1v) is 4.23. The monoisotopic (exact) mass is 241 g/mol. The standard InChI is InChI=1S/C7H4BrN3S/c8-6-4-10-7(9)5(11-6)2-1-3-12/h3-4H,(H2,9,10). The normalized spacial score (nSPS) is 8.42. The molecular formula is C7H4BrN3S. The maximum absolute atomic E-state index is 5.49. The Balaban J connectivity index is 3.13. The molecule has 0 radical (unpaired) electrons. The second-order valence-corrected chi connectivity index (χ2v) is 2.86. The van der Waals surface area contributed by atoms with Gasteiger partial charge in [-0.2, -0.15) is 0 Å². The van der Waals surface area contributed by atoms with E-state index in [0.717, 1.165) is 0 Å². The first-order valence-electron chi connectivity index (χ1n) is 2.97. The van der Waals surface area contributed by atoms with Gasteiger partial charge in [0.05, 0.1) is 11.6 Å². The van der Waals surface area contributed by atoms with Gasteiger partial charge in [0.1, 0.15) is 4.60 Å². The lowest BCUT2D eigenvalue weighted by Gasteiger charge is -1.94. The maximum Gasteiger partial charge on any atom is 0.158 e. The van der Waals surface area contributed by atoms with E-state index in [4.69, 9.17) is 5.73 Å². The lowest BCUT2D eigenvalue weighted by molar-refractivity contribution is 1.15. The minimum atomic E-state index is 0.308. The Morgan fingerprint density at radius 1 is 1.67 bits per heavy atom. The third kappa shape index (κ3) is 2.26. The fourth-order valence-corrected chi connectivity index (χ4v) is 0.905. The molecule has 0 unspecified atom stereocenters. The molecule has 0 saturated carbocycles. The average molecular weight is 242 g/mol. The lowest BCUT2D eigenvalue weighted by atomic mass is 10.4. The fourth-order valence-electron chi connectivity index (χ4n) is 0.567. The van der Waals surface area contributed by atoms with Crippen molar-refractivity contribution in [1.29, 1.82) is 0 Å². The Kier molecular flexibility index (Phi) is 3.14. The van der Waals surface area contributed by atoms with Crippen LogP contribution in [0.2, 0.25) is 0 Å². The van der Waals surface area contributed by atoms with Gasteiger partial charge in [0, 0.05) is 0 Å². The minimum Gasteiger partial charge on any atom is -0.381 e. The molecule has 12 heavy (non-hydrogen) atoms. The minimum absolute atomic E-state index is 0.308. The third-order valence-electron chi connectivity index (χ3n) is 1.02. The van der Waals surface area contributed by atoms with E-state index in [1.165, 1.54) is 11.6 Å². The highest BCUT2D eigenvalue weighted by Crippen LogP contribution is 2.08. The number of anilines is 1. The van der Waals surface area contributed by atoms with Gasteiger partial charge in [-0.15, -0.1) is 0 Å². The number of hydrogen-bond donors (Lipinski definition) is 1. The molecule has 0 aliphatic rings. The molecule has 0 aliphatic heterocycles. The molecule has 60 valence electrons. The smallest absolute Gasteiger partial charge is 0.158 e. The Hall–Kier alpha value is -0.990. The molecule has 1 aromatic rings. The van der Waals surface area contributed by atoms with E-state index in [9.17, 15) is 0 Å². The van der Waals surface area contributed by atoms with Gasteiger partial charge in [-0.3, -0.25) is 0 Å². The summed E-state index contributed by atoms with van der Waals surface area (Å²) in [7, 11) is 0.